The summed E-state index contributed by atoms with van der Waals surface area (Å²) in [5.74, 6) is 1.83. The second kappa shape index (κ2) is 8.93. The summed E-state index contributed by atoms with van der Waals surface area (Å²) >= 11 is 0. The Labute approximate surface area is 108 Å². The SMILES string of the molecule is CCCCOCCC(NC)C1CCC(C)CC1. The summed E-state index contributed by atoms with van der Waals surface area (Å²) in [7, 11) is 2.11. The third-order valence-corrected chi connectivity index (χ3v) is 4.22. The maximum absolute atomic E-state index is 5.68. The Bertz CT molecular complexity index is 176. The first-order valence-corrected chi connectivity index (χ1v) is 7.53. The van der Waals surface area contributed by atoms with E-state index in [9.17, 15) is 0 Å². The van der Waals surface area contributed by atoms with Crippen molar-refractivity contribution in [3.63, 3.8) is 0 Å². The third-order valence-electron chi connectivity index (χ3n) is 4.22. The summed E-state index contributed by atoms with van der Waals surface area (Å²) in [6.07, 6.45) is 9.25. The van der Waals surface area contributed by atoms with Gasteiger partial charge in [0, 0.05) is 19.3 Å². The van der Waals surface area contributed by atoms with E-state index in [2.05, 4.69) is 26.2 Å². The number of nitrogens with one attached hydrogen (secondary N) is 1. The summed E-state index contributed by atoms with van der Waals surface area (Å²) in [6.45, 7) is 6.47. The van der Waals surface area contributed by atoms with Gasteiger partial charge in [0.25, 0.3) is 0 Å². The van der Waals surface area contributed by atoms with E-state index in [1.165, 1.54) is 44.9 Å². The van der Waals surface area contributed by atoms with Gasteiger partial charge in [-0.1, -0.05) is 33.1 Å². The molecular weight excluding hydrogens is 210 g/mol. The molecule has 0 radical (unpaired) electrons. The third kappa shape index (κ3) is 5.87. The molecule has 2 nitrogen and oxygen atoms in total. The first-order valence-electron chi connectivity index (χ1n) is 7.53. The highest BCUT2D eigenvalue weighted by Gasteiger charge is 2.24. The van der Waals surface area contributed by atoms with Crippen molar-refractivity contribution in [3.05, 3.63) is 0 Å². The average Bonchev–Trinajstić information content (AvgIpc) is 2.35. The Morgan fingerprint density at radius 3 is 2.47 bits per heavy atom. The van der Waals surface area contributed by atoms with Crippen molar-refractivity contribution >= 4 is 0 Å². The van der Waals surface area contributed by atoms with Gasteiger partial charge in [-0.25, -0.2) is 0 Å². The lowest BCUT2D eigenvalue weighted by Crippen LogP contribution is -2.36. The summed E-state index contributed by atoms with van der Waals surface area (Å²) in [5, 5.41) is 3.50. The molecule has 1 aliphatic rings. The van der Waals surface area contributed by atoms with Crippen LogP contribution in [-0.4, -0.2) is 26.3 Å². The molecule has 2 heteroatoms. The Morgan fingerprint density at radius 1 is 1.18 bits per heavy atom. The molecule has 0 bridgehead atoms. The molecule has 1 N–H and O–H groups in total. The Morgan fingerprint density at radius 2 is 1.88 bits per heavy atom. The van der Waals surface area contributed by atoms with Crippen molar-refractivity contribution in [2.24, 2.45) is 11.8 Å². The molecule has 0 aromatic carbocycles. The predicted octanol–water partition coefficient (Wildman–Crippen LogP) is 3.61. The van der Waals surface area contributed by atoms with E-state index in [1.54, 1.807) is 0 Å². The molecule has 1 unspecified atom stereocenters. The van der Waals surface area contributed by atoms with Crippen molar-refractivity contribution in [1.82, 2.24) is 5.32 Å². The van der Waals surface area contributed by atoms with Gasteiger partial charge in [0.15, 0.2) is 0 Å². The van der Waals surface area contributed by atoms with Gasteiger partial charge < -0.3 is 10.1 Å². The zero-order valence-electron chi connectivity index (χ0n) is 12.0. The molecule has 1 aliphatic carbocycles. The van der Waals surface area contributed by atoms with Crippen molar-refractivity contribution < 1.29 is 4.74 Å². The van der Waals surface area contributed by atoms with E-state index in [4.69, 9.17) is 4.74 Å². The summed E-state index contributed by atoms with van der Waals surface area (Å²) < 4.78 is 5.68. The summed E-state index contributed by atoms with van der Waals surface area (Å²) in [6, 6.07) is 0.670. The number of unbranched alkanes of at least 4 members (excludes halogenated alkanes) is 1. The molecule has 17 heavy (non-hydrogen) atoms. The minimum absolute atomic E-state index is 0.670. The molecule has 0 amide bonds. The topological polar surface area (TPSA) is 21.3 Å². The number of rotatable bonds is 8. The van der Waals surface area contributed by atoms with Crippen molar-refractivity contribution in [3.8, 4) is 0 Å². The van der Waals surface area contributed by atoms with E-state index >= 15 is 0 Å². The zero-order valence-corrected chi connectivity index (χ0v) is 12.0. The quantitative estimate of drug-likeness (QED) is 0.656. The number of ether oxygens (including phenoxy) is 1. The normalized spacial score (nSPS) is 27.0. The van der Waals surface area contributed by atoms with Gasteiger partial charge in [0.1, 0.15) is 0 Å². The van der Waals surface area contributed by atoms with Crippen molar-refractivity contribution in [2.75, 3.05) is 20.3 Å². The minimum atomic E-state index is 0.670. The van der Waals surface area contributed by atoms with Crippen LogP contribution in [0.1, 0.15) is 58.8 Å². The maximum Gasteiger partial charge on any atom is 0.0480 e. The van der Waals surface area contributed by atoms with Crippen LogP contribution in [0.3, 0.4) is 0 Å². The first-order chi connectivity index (χ1) is 8.27. The standard InChI is InChI=1S/C15H31NO/c1-4-5-11-17-12-10-15(16-3)14-8-6-13(2)7-9-14/h13-16H,4-12H2,1-3H3. The van der Waals surface area contributed by atoms with Crippen LogP contribution in [-0.2, 0) is 4.74 Å². The fraction of sp³-hybridized carbons (Fsp3) is 1.00. The lowest BCUT2D eigenvalue weighted by Gasteiger charge is -2.32. The van der Waals surface area contributed by atoms with E-state index in [1.807, 2.05) is 0 Å². The molecule has 102 valence electrons. The van der Waals surface area contributed by atoms with Gasteiger partial charge in [0.05, 0.1) is 0 Å². The van der Waals surface area contributed by atoms with Crippen molar-refractivity contribution in [2.45, 2.75) is 64.8 Å². The van der Waals surface area contributed by atoms with Gasteiger partial charge >= 0.3 is 0 Å². The molecule has 1 rings (SSSR count). The van der Waals surface area contributed by atoms with Gasteiger partial charge in [-0.05, 0) is 44.6 Å². The molecule has 1 fully saturated rings. The smallest absolute Gasteiger partial charge is 0.0480 e. The molecule has 1 saturated carbocycles. The van der Waals surface area contributed by atoms with Crippen LogP contribution in [0.25, 0.3) is 0 Å². The van der Waals surface area contributed by atoms with Gasteiger partial charge in [-0.15, -0.1) is 0 Å². The van der Waals surface area contributed by atoms with Crippen LogP contribution in [0.15, 0.2) is 0 Å². The van der Waals surface area contributed by atoms with Gasteiger partial charge in [0.2, 0.25) is 0 Å². The number of hydrogen-bond donors (Lipinski definition) is 1. The predicted molar refractivity (Wildman–Crippen MR) is 74.3 cm³/mol. The highest BCUT2D eigenvalue weighted by atomic mass is 16.5. The highest BCUT2D eigenvalue weighted by molar-refractivity contribution is 4.80. The van der Waals surface area contributed by atoms with E-state index in [0.717, 1.165) is 25.0 Å². The molecule has 0 heterocycles. The van der Waals surface area contributed by atoms with Gasteiger partial charge in [-0.2, -0.15) is 0 Å². The average molecular weight is 241 g/mol. The summed E-state index contributed by atoms with van der Waals surface area (Å²) in [5.41, 5.74) is 0. The van der Waals surface area contributed by atoms with Crippen LogP contribution >= 0.6 is 0 Å². The Balaban J connectivity index is 2.14. The Kier molecular flexibility index (Phi) is 7.87. The lowest BCUT2D eigenvalue weighted by atomic mass is 9.78. The van der Waals surface area contributed by atoms with Crippen LogP contribution in [0.2, 0.25) is 0 Å². The second-order valence-corrected chi connectivity index (χ2v) is 5.67. The Hall–Kier alpha value is -0.0800. The monoisotopic (exact) mass is 241 g/mol. The zero-order chi connectivity index (χ0) is 12.5. The van der Waals surface area contributed by atoms with Crippen LogP contribution in [0.5, 0.6) is 0 Å². The van der Waals surface area contributed by atoms with E-state index < -0.39 is 0 Å². The van der Waals surface area contributed by atoms with Crippen LogP contribution < -0.4 is 5.32 Å². The lowest BCUT2D eigenvalue weighted by molar-refractivity contribution is 0.109. The fourth-order valence-electron chi connectivity index (χ4n) is 2.86. The second-order valence-electron chi connectivity index (χ2n) is 5.67. The first kappa shape index (κ1) is 15.0. The van der Waals surface area contributed by atoms with E-state index in [-0.39, 0.29) is 0 Å². The van der Waals surface area contributed by atoms with Crippen molar-refractivity contribution in [1.29, 1.82) is 0 Å². The molecule has 0 aliphatic heterocycles. The molecule has 0 aromatic heterocycles. The molecule has 0 spiro atoms. The molecular formula is C15H31NO. The van der Waals surface area contributed by atoms with Crippen LogP contribution in [0, 0.1) is 11.8 Å². The summed E-state index contributed by atoms with van der Waals surface area (Å²) in [4.78, 5) is 0. The van der Waals surface area contributed by atoms with Crippen LogP contribution in [0.4, 0.5) is 0 Å². The molecule has 0 aromatic rings. The number of hydrogen-bond acceptors (Lipinski definition) is 2. The molecule has 0 saturated heterocycles. The van der Waals surface area contributed by atoms with E-state index in [0.29, 0.717) is 6.04 Å². The largest absolute Gasteiger partial charge is 0.381 e. The highest BCUT2D eigenvalue weighted by Crippen LogP contribution is 2.31. The maximum atomic E-state index is 5.68. The fourth-order valence-corrected chi connectivity index (χ4v) is 2.86. The minimum Gasteiger partial charge on any atom is -0.381 e. The van der Waals surface area contributed by atoms with Gasteiger partial charge in [-0.3, -0.25) is 0 Å². The molecule has 1 atom stereocenters.